The molecule has 1 unspecified atom stereocenters. The van der Waals surface area contributed by atoms with E-state index in [2.05, 4.69) is 15.0 Å². The van der Waals surface area contributed by atoms with Crippen LogP contribution in [0.5, 0.6) is 0 Å². The van der Waals surface area contributed by atoms with Gasteiger partial charge in [-0.1, -0.05) is 30.3 Å². The number of fused-ring (bicyclic) bond motifs is 1. The molecular formula is C24H22F3N7O2. The highest BCUT2D eigenvalue weighted by Gasteiger charge is 2.42. The Labute approximate surface area is 204 Å². The van der Waals surface area contributed by atoms with Crippen molar-refractivity contribution < 1.29 is 22.8 Å². The fourth-order valence-electron chi connectivity index (χ4n) is 4.35. The number of amides is 2. The number of nitrogens with zero attached hydrogens (tertiary/aromatic N) is 7. The number of piperazine rings is 1. The van der Waals surface area contributed by atoms with Gasteiger partial charge in [-0.05, 0) is 12.1 Å². The first-order valence-electron chi connectivity index (χ1n) is 11.2. The number of carbonyl (C=O) groups is 2. The summed E-state index contributed by atoms with van der Waals surface area (Å²) in [6, 6.07) is 11.3. The summed E-state index contributed by atoms with van der Waals surface area (Å²) in [6.45, 7) is 1.39. The molecule has 5 rings (SSSR count). The molecule has 1 fully saturated rings. The molecule has 3 aromatic rings. The lowest BCUT2D eigenvalue weighted by Gasteiger charge is -2.38. The minimum absolute atomic E-state index is 0.311. The average molecular weight is 497 g/mol. The van der Waals surface area contributed by atoms with Gasteiger partial charge in [-0.2, -0.15) is 13.2 Å². The maximum absolute atomic E-state index is 13.5. The molecule has 2 aliphatic heterocycles. The monoisotopic (exact) mass is 497 g/mol. The number of likely N-dealkylation sites (N-methyl/N-ethyl adjacent to an activating group) is 1. The van der Waals surface area contributed by atoms with Crippen LogP contribution >= 0.6 is 0 Å². The number of alkyl halides is 3. The second kappa shape index (κ2) is 9.10. The van der Waals surface area contributed by atoms with Crippen LogP contribution in [-0.2, 0) is 11.0 Å². The second-order valence-corrected chi connectivity index (χ2v) is 8.46. The third-order valence-corrected chi connectivity index (χ3v) is 6.31. The molecule has 0 radical (unpaired) electrons. The highest BCUT2D eigenvalue weighted by Crippen LogP contribution is 2.38. The fourth-order valence-corrected chi connectivity index (χ4v) is 4.35. The number of carbonyl (C=O) groups excluding carboxylic acids is 2. The van der Waals surface area contributed by atoms with Crippen LogP contribution in [0.2, 0.25) is 0 Å². The van der Waals surface area contributed by atoms with Crippen LogP contribution in [0.4, 0.5) is 35.3 Å². The van der Waals surface area contributed by atoms with Crippen molar-refractivity contribution in [1.82, 2.24) is 19.9 Å². The van der Waals surface area contributed by atoms with E-state index < -0.39 is 17.9 Å². The Morgan fingerprint density at radius 2 is 1.72 bits per heavy atom. The van der Waals surface area contributed by atoms with E-state index in [4.69, 9.17) is 0 Å². The third-order valence-electron chi connectivity index (χ3n) is 6.31. The normalized spacial score (nSPS) is 17.8. The van der Waals surface area contributed by atoms with Gasteiger partial charge >= 0.3 is 12.2 Å². The molecule has 1 atom stereocenters. The first kappa shape index (κ1) is 23.5. The Morgan fingerprint density at radius 1 is 1.00 bits per heavy atom. The molecule has 0 N–H and O–H groups in total. The van der Waals surface area contributed by atoms with Crippen LogP contribution in [-0.4, -0.2) is 71.6 Å². The Hall–Kier alpha value is -4.22. The van der Waals surface area contributed by atoms with Crippen LogP contribution in [0.1, 0.15) is 5.56 Å². The Kier molecular flexibility index (Phi) is 5.94. The van der Waals surface area contributed by atoms with Gasteiger partial charge in [0.2, 0.25) is 0 Å². The second-order valence-electron chi connectivity index (χ2n) is 8.46. The van der Waals surface area contributed by atoms with Crippen LogP contribution in [0.15, 0.2) is 54.9 Å². The van der Waals surface area contributed by atoms with Crippen molar-refractivity contribution in [2.45, 2.75) is 12.3 Å². The summed E-state index contributed by atoms with van der Waals surface area (Å²) in [7, 11) is 1.70. The highest BCUT2D eigenvalue weighted by molar-refractivity contribution is 6.03. The maximum atomic E-state index is 13.5. The van der Waals surface area contributed by atoms with Crippen molar-refractivity contribution in [2.75, 3.05) is 47.9 Å². The van der Waals surface area contributed by atoms with Crippen molar-refractivity contribution in [3.05, 3.63) is 60.4 Å². The summed E-state index contributed by atoms with van der Waals surface area (Å²) in [5, 5.41) is 0. The minimum atomic E-state index is -4.45. The molecule has 2 aliphatic rings. The number of aldehydes is 1. The maximum Gasteiger partial charge on any atom is 0.417 e. The number of hydrogen-bond acceptors (Lipinski definition) is 7. The first-order chi connectivity index (χ1) is 17.3. The predicted octanol–water partition coefficient (Wildman–Crippen LogP) is 3.28. The lowest BCUT2D eigenvalue weighted by atomic mass is 10.2. The summed E-state index contributed by atoms with van der Waals surface area (Å²) in [6.07, 6.45) is -2.28. The standard InChI is InChI=1S/C24H22F3N7O2/c1-31-20(15-35)34(18-14-29-21(30-22(18)31)16-5-3-2-4-6-16)23(36)33-11-9-32(10-12-33)19-8-7-17(13-28-19)24(25,26)27/h2-8,13-15,20H,9-12H2,1H3. The first-order valence-corrected chi connectivity index (χ1v) is 11.2. The van der Waals surface area contributed by atoms with E-state index in [0.717, 1.165) is 17.8 Å². The van der Waals surface area contributed by atoms with Gasteiger partial charge in [-0.25, -0.2) is 19.7 Å². The zero-order chi connectivity index (χ0) is 25.4. The van der Waals surface area contributed by atoms with E-state index in [1.807, 2.05) is 35.2 Å². The number of halogens is 3. The molecule has 1 aromatic carbocycles. The van der Waals surface area contributed by atoms with E-state index in [-0.39, 0.29) is 6.03 Å². The average Bonchev–Trinajstić information content (AvgIpc) is 3.19. The number of pyridine rings is 1. The lowest BCUT2D eigenvalue weighted by Crippen LogP contribution is -2.56. The van der Waals surface area contributed by atoms with Gasteiger partial charge in [-0.3, -0.25) is 9.69 Å². The lowest BCUT2D eigenvalue weighted by molar-refractivity contribution is -0.137. The minimum Gasteiger partial charge on any atom is -0.353 e. The molecule has 2 aromatic heterocycles. The van der Waals surface area contributed by atoms with E-state index in [0.29, 0.717) is 55.6 Å². The quantitative estimate of drug-likeness (QED) is 0.514. The molecule has 0 bridgehead atoms. The Bertz CT molecular complexity index is 1260. The van der Waals surface area contributed by atoms with Gasteiger partial charge in [0.15, 0.2) is 24.1 Å². The van der Waals surface area contributed by atoms with Crippen LogP contribution < -0.4 is 14.7 Å². The zero-order valence-electron chi connectivity index (χ0n) is 19.3. The van der Waals surface area contributed by atoms with Gasteiger partial charge < -0.3 is 14.7 Å². The number of hydrogen-bond donors (Lipinski definition) is 0. The summed E-state index contributed by atoms with van der Waals surface area (Å²) in [5.74, 6) is 1.37. The van der Waals surface area contributed by atoms with Crippen molar-refractivity contribution in [3.63, 3.8) is 0 Å². The van der Waals surface area contributed by atoms with Gasteiger partial charge in [0.05, 0.1) is 11.8 Å². The molecule has 2 amide bonds. The van der Waals surface area contributed by atoms with Crippen molar-refractivity contribution in [2.24, 2.45) is 0 Å². The molecule has 0 aliphatic carbocycles. The van der Waals surface area contributed by atoms with Crippen molar-refractivity contribution in [3.8, 4) is 11.4 Å². The number of aromatic nitrogens is 3. The number of anilines is 3. The summed E-state index contributed by atoms with van der Waals surface area (Å²) >= 11 is 0. The van der Waals surface area contributed by atoms with E-state index in [9.17, 15) is 22.8 Å². The third kappa shape index (κ3) is 4.18. The summed E-state index contributed by atoms with van der Waals surface area (Å²) in [4.78, 5) is 44.8. The van der Waals surface area contributed by atoms with Crippen LogP contribution in [0.3, 0.4) is 0 Å². The Balaban J connectivity index is 1.32. The summed E-state index contributed by atoms with van der Waals surface area (Å²) < 4.78 is 38.4. The molecule has 12 heteroatoms. The van der Waals surface area contributed by atoms with E-state index >= 15 is 0 Å². The molecule has 0 saturated carbocycles. The molecule has 36 heavy (non-hydrogen) atoms. The molecule has 0 spiro atoms. The van der Waals surface area contributed by atoms with E-state index in [1.54, 1.807) is 23.0 Å². The van der Waals surface area contributed by atoms with Gasteiger partial charge in [-0.15, -0.1) is 0 Å². The van der Waals surface area contributed by atoms with Gasteiger partial charge in [0.1, 0.15) is 11.5 Å². The molecule has 1 saturated heterocycles. The molecule has 9 nitrogen and oxygen atoms in total. The van der Waals surface area contributed by atoms with Gasteiger partial charge in [0.25, 0.3) is 0 Å². The topological polar surface area (TPSA) is 85.8 Å². The SMILES string of the molecule is CN1c2nc(-c3ccccc3)ncc2N(C(=O)N2CCN(c3ccc(C(F)(F)F)cn3)CC2)C1C=O. The smallest absolute Gasteiger partial charge is 0.353 e. The van der Waals surface area contributed by atoms with Crippen LogP contribution in [0.25, 0.3) is 11.4 Å². The fraction of sp³-hybridized carbons (Fsp3) is 0.292. The van der Waals surface area contributed by atoms with Crippen molar-refractivity contribution >= 4 is 29.6 Å². The molecule has 186 valence electrons. The predicted molar refractivity (Wildman–Crippen MR) is 127 cm³/mol. The van der Waals surface area contributed by atoms with Gasteiger partial charge in [0, 0.05) is 45.0 Å². The largest absolute Gasteiger partial charge is 0.417 e. The molecular weight excluding hydrogens is 475 g/mol. The van der Waals surface area contributed by atoms with Crippen LogP contribution in [0, 0.1) is 0 Å². The summed E-state index contributed by atoms with van der Waals surface area (Å²) in [5.41, 5.74) is 0.440. The van der Waals surface area contributed by atoms with E-state index in [1.165, 1.54) is 11.0 Å². The molecule has 4 heterocycles. The van der Waals surface area contributed by atoms with Crippen molar-refractivity contribution in [1.29, 1.82) is 0 Å². The highest BCUT2D eigenvalue weighted by atomic mass is 19.4. The number of urea groups is 1. The zero-order valence-corrected chi connectivity index (χ0v) is 19.3. The number of rotatable bonds is 3. The number of benzene rings is 1. The Morgan fingerprint density at radius 3 is 2.33 bits per heavy atom.